The third-order valence-corrected chi connectivity index (χ3v) is 19.6. The Morgan fingerprint density at radius 2 is 0.643 bits per heavy atom. The van der Waals surface area contributed by atoms with E-state index < -0.39 is 8.07 Å². The molecule has 0 aliphatic heterocycles. The first kappa shape index (κ1) is 40.1. The first-order chi connectivity index (χ1) is 34.8. The molecule has 0 aliphatic carbocycles. The first-order valence-electron chi connectivity index (χ1n) is 24.2. The van der Waals surface area contributed by atoms with Crippen LogP contribution in [0.4, 0.5) is 0 Å². The Morgan fingerprint density at radius 3 is 1.21 bits per heavy atom. The molecule has 11 aromatic carbocycles. The summed E-state index contributed by atoms with van der Waals surface area (Å²) < 4.78 is 7.67. The van der Waals surface area contributed by atoms with Crippen LogP contribution in [0.3, 0.4) is 0 Å². The van der Waals surface area contributed by atoms with E-state index in [1.54, 1.807) is 0 Å². The largest absolute Gasteiger partial charge is 0.309 e. The Bertz CT molecular complexity index is 4130. The van der Waals surface area contributed by atoms with Crippen molar-refractivity contribution in [2.24, 2.45) is 0 Å². The van der Waals surface area contributed by atoms with Gasteiger partial charge >= 0.3 is 0 Å². The summed E-state index contributed by atoms with van der Waals surface area (Å²) in [4.78, 5) is 0. The van der Waals surface area contributed by atoms with Crippen LogP contribution in [0.5, 0.6) is 0 Å². The Balaban J connectivity index is 1.21. The lowest BCUT2D eigenvalue weighted by Crippen LogP contribution is -2.75. The summed E-state index contributed by atoms with van der Waals surface area (Å²) in [6, 6.07) is 102. The predicted molar refractivity (Wildman–Crippen MR) is 299 cm³/mol. The number of rotatable bonds is 8. The van der Waals surface area contributed by atoms with Crippen LogP contribution < -0.4 is 20.7 Å². The molecular weight excluding hydrogens is 863 g/mol. The van der Waals surface area contributed by atoms with Gasteiger partial charge in [-0.25, -0.2) is 0 Å². The maximum atomic E-state index is 2.58. The fourth-order valence-electron chi connectivity index (χ4n) is 12.0. The summed E-state index contributed by atoms with van der Waals surface area (Å²) in [6.45, 7) is 0. The van der Waals surface area contributed by atoms with Crippen molar-refractivity contribution < 1.29 is 0 Å². The molecule has 328 valence electrons. The quantitative estimate of drug-likeness (QED) is 0.107. The molecule has 3 aromatic heterocycles. The molecule has 14 rings (SSSR count). The normalized spacial score (nSPS) is 12.0. The van der Waals surface area contributed by atoms with Gasteiger partial charge in [-0.1, -0.05) is 224 Å². The Kier molecular flexibility index (Phi) is 9.23. The molecule has 4 heteroatoms. The van der Waals surface area contributed by atoms with Crippen LogP contribution >= 0.6 is 0 Å². The molecule has 0 spiro atoms. The van der Waals surface area contributed by atoms with Crippen LogP contribution in [0.25, 0.3) is 93.6 Å². The van der Waals surface area contributed by atoms with Crippen molar-refractivity contribution in [3.63, 3.8) is 0 Å². The van der Waals surface area contributed by atoms with Gasteiger partial charge in [-0.2, -0.15) is 0 Å². The topological polar surface area (TPSA) is 14.8 Å². The van der Waals surface area contributed by atoms with E-state index in [-0.39, 0.29) is 0 Å². The molecule has 0 N–H and O–H groups in total. The molecule has 0 unspecified atom stereocenters. The highest BCUT2D eigenvalue weighted by molar-refractivity contribution is 7.21. The summed E-state index contributed by atoms with van der Waals surface area (Å²) in [5.74, 6) is 0. The highest BCUT2D eigenvalue weighted by Crippen LogP contribution is 2.43. The molecule has 14 aromatic rings. The summed E-state index contributed by atoms with van der Waals surface area (Å²) in [5, 5.41) is 12.8. The molecule has 3 heterocycles. The van der Waals surface area contributed by atoms with Crippen molar-refractivity contribution in [2.45, 2.75) is 0 Å². The highest BCUT2D eigenvalue weighted by atomic mass is 28.3. The Hall–Kier alpha value is -8.96. The third-order valence-electron chi connectivity index (χ3n) is 14.8. The Labute approximate surface area is 407 Å². The maximum Gasteiger partial charge on any atom is 0.182 e. The van der Waals surface area contributed by atoms with Gasteiger partial charge in [-0.3, -0.25) is 0 Å². The summed E-state index contributed by atoms with van der Waals surface area (Å²) in [6.07, 6.45) is 0. The van der Waals surface area contributed by atoms with Crippen LogP contribution in [0.2, 0.25) is 0 Å². The van der Waals surface area contributed by atoms with E-state index in [0.717, 1.165) is 16.9 Å². The zero-order valence-electron chi connectivity index (χ0n) is 38.3. The molecule has 0 saturated heterocycles. The monoisotopic (exact) mass is 907 g/mol. The number of para-hydroxylation sites is 6. The van der Waals surface area contributed by atoms with E-state index in [9.17, 15) is 0 Å². The number of hydrogen-bond donors (Lipinski definition) is 0. The number of hydrogen-bond acceptors (Lipinski definition) is 0. The standard InChI is InChI=1S/C66H45N3Si/c1-5-24-46(25-6-1)50-32-13-18-38-56(50)69-59-41-21-16-35-53(59)54-37-23-43-62(65(54)69)68-60-42-22-17-36-55(60)64-61(68)44-45-63(67-57-39-19-14-33-51(57)52-34-15-20-40-58(52)67)66(64)70(47-26-7-2-8-27-47,48-28-9-3-10-29-48)49-30-11-4-12-31-49/h1-45H. The second-order valence-corrected chi connectivity index (χ2v) is 22.1. The maximum absolute atomic E-state index is 3.27. The SMILES string of the molecule is c1ccc(-c2ccccc2-n2c3ccccc3c3cccc(-n4c5ccccc5c5c([Si](c6ccccc6)(c6ccccc6)c6ccccc6)c(-n6c7ccccc7c7ccccc76)ccc54)c32)cc1. The summed E-state index contributed by atoms with van der Waals surface area (Å²) >= 11 is 0. The van der Waals surface area contributed by atoms with Gasteiger partial charge in [0.15, 0.2) is 8.07 Å². The summed E-state index contributed by atoms with van der Waals surface area (Å²) in [5.41, 5.74) is 12.9. The van der Waals surface area contributed by atoms with Gasteiger partial charge in [-0.05, 0) is 74.8 Å². The fraction of sp³-hybridized carbons (Fsp3) is 0. The number of fused-ring (bicyclic) bond motifs is 9. The average molecular weight is 908 g/mol. The van der Waals surface area contributed by atoms with Gasteiger partial charge in [0.05, 0.1) is 44.5 Å². The van der Waals surface area contributed by atoms with E-state index in [2.05, 4.69) is 287 Å². The smallest absolute Gasteiger partial charge is 0.182 e. The molecule has 0 atom stereocenters. The van der Waals surface area contributed by atoms with E-state index in [1.807, 2.05) is 0 Å². The predicted octanol–water partition coefficient (Wildman–Crippen LogP) is 14.0. The number of aromatic nitrogens is 3. The van der Waals surface area contributed by atoms with E-state index in [1.165, 1.54) is 97.5 Å². The Morgan fingerprint density at radius 1 is 0.243 bits per heavy atom. The number of benzene rings is 11. The van der Waals surface area contributed by atoms with Gasteiger partial charge in [-0.15, -0.1) is 0 Å². The lowest BCUT2D eigenvalue weighted by molar-refractivity contribution is 1.13. The van der Waals surface area contributed by atoms with Crippen LogP contribution in [-0.2, 0) is 0 Å². The van der Waals surface area contributed by atoms with Gasteiger partial charge in [0.1, 0.15) is 0 Å². The third kappa shape index (κ3) is 5.81. The van der Waals surface area contributed by atoms with Gasteiger partial charge in [0.2, 0.25) is 0 Å². The van der Waals surface area contributed by atoms with Gasteiger partial charge < -0.3 is 13.7 Å². The molecule has 0 fully saturated rings. The lowest BCUT2D eigenvalue weighted by Gasteiger charge is -2.37. The first-order valence-corrected chi connectivity index (χ1v) is 26.2. The molecule has 0 aliphatic rings. The molecule has 0 amide bonds. The van der Waals surface area contributed by atoms with Crippen LogP contribution in [0, 0.1) is 0 Å². The minimum absolute atomic E-state index is 1.13. The molecule has 0 bridgehead atoms. The van der Waals surface area contributed by atoms with Crippen molar-refractivity contribution in [1.82, 2.24) is 13.7 Å². The second-order valence-electron chi connectivity index (χ2n) is 18.3. The molecular formula is C66H45N3Si. The molecule has 0 radical (unpaired) electrons. The van der Waals surface area contributed by atoms with Gasteiger partial charge in [0.25, 0.3) is 0 Å². The van der Waals surface area contributed by atoms with Crippen molar-refractivity contribution in [3.8, 4) is 28.2 Å². The minimum Gasteiger partial charge on any atom is -0.309 e. The van der Waals surface area contributed by atoms with Crippen molar-refractivity contribution in [1.29, 1.82) is 0 Å². The van der Waals surface area contributed by atoms with E-state index in [0.29, 0.717) is 0 Å². The second kappa shape index (κ2) is 16.1. The fourth-order valence-corrected chi connectivity index (χ4v) is 17.2. The van der Waals surface area contributed by atoms with Crippen molar-refractivity contribution in [2.75, 3.05) is 0 Å². The van der Waals surface area contributed by atoms with Crippen molar-refractivity contribution >= 4 is 94.2 Å². The zero-order chi connectivity index (χ0) is 46.2. The van der Waals surface area contributed by atoms with Crippen LogP contribution in [-0.4, -0.2) is 21.8 Å². The van der Waals surface area contributed by atoms with Crippen molar-refractivity contribution in [3.05, 3.63) is 273 Å². The van der Waals surface area contributed by atoms with Crippen LogP contribution in [0.15, 0.2) is 273 Å². The van der Waals surface area contributed by atoms with Gasteiger partial charge in [0, 0.05) is 43.6 Å². The van der Waals surface area contributed by atoms with E-state index in [4.69, 9.17) is 0 Å². The van der Waals surface area contributed by atoms with E-state index >= 15 is 0 Å². The molecule has 0 saturated carbocycles. The molecule has 3 nitrogen and oxygen atoms in total. The molecule has 70 heavy (non-hydrogen) atoms. The number of nitrogens with zero attached hydrogens (tertiary/aromatic N) is 3. The summed E-state index contributed by atoms with van der Waals surface area (Å²) in [7, 11) is -3.27. The van der Waals surface area contributed by atoms with Crippen LogP contribution in [0.1, 0.15) is 0 Å². The lowest BCUT2D eigenvalue weighted by atomic mass is 10.0. The minimum atomic E-state index is -3.27. The highest BCUT2D eigenvalue weighted by Gasteiger charge is 2.45. The zero-order valence-corrected chi connectivity index (χ0v) is 39.3. The average Bonchev–Trinajstić information content (AvgIpc) is 4.08.